The second kappa shape index (κ2) is 2.92. The van der Waals surface area contributed by atoms with Crippen molar-refractivity contribution in [1.82, 2.24) is 0 Å². The Balaban J connectivity index is 2.53. The van der Waals surface area contributed by atoms with Crippen LogP contribution < -0.4 is 0 Å². The van der Waals surface area contributed by atoms with E-state index in [1.165, 1.54) is 0 Å². The van der Waals surface area contributed by atoms with E-state index in [9.17, 15) is 4.79 Å². The first-order valence-corrected chi connectivity index (χ1v) is 4.02. The molecule has 0 N–H and O–H groups in total. The van der Waals surface area contributed by atoms with E-state index in [0.717, 1.165) is 12.0 Å². The van der Waals surface area contributed by atoms with Crippen molar-refractivity contribution in [2.45, 2.75) is 12.8 Å². The average molecular weight is 173 g/mol. The third kappa shape index (κ3) is 1.27. The van der Waals surface area contributed by atoms with Crippen LogP contribution in [-0.2, 0) is 6.42 Å². The van der Waals surface area contributed by atoms with Crippen LogP contribution in [0.5, 0.6) is 0 Å². The Morgan fingerprint density at radius 2 is 2.23 bits per heavy atom. The van der Waals surface area contributed by atoms with Gasteiger partial charge in [-0.05, 0) is 23.6 Å². The van der Waals surface area contributed by atoms with Crippen molar-refractivity contribution in [1.29, 1.82) is 0 Å². The van der Waals surface area contributed by atoms with Crippen LogP contribution in [0.3, 0.4) is 0 Å². The zero-order valence-corrected chi connectivity index (χ0v) is 6.90. The van der Waals surface area contributed by atoms with Crippen molar-refractivity contribution in [3.63, 3.8) is 0 Å². The first-order chi connectivity index (χ1) is 6.31. The molecule has 1 aromatic rings. The largest absolute Gasteiger partial charge is 0.294 e. The second-order valence-electron chi connectivity index (χ2n) is 2.95. The summed E-state index contributed by atoms with van der Waals surface area (Å²) in [6.07, 6.45) is 1.39. The van der Waals surface area contributed by atoms with E-state index in [4.69, 9.17) is 5.53 Å². The summed E-state index contributed by atoms with van der Waals surface area (Å²) in [6.45, 7) is 0. The molecule has 0 saturated heterocycles. The molecule has 0 spiro atoms. The van der Waals surface area contributed by atoms with Crippen LogP contribution in [0.15, 0.2) is 23.3 Å². The number of benzene rings is 1. The number of aryl methyl sites for hydroxylation is 1. The van der Waals surface area contributed by atoms with Gasteiger partial charge in [-0.2, -0.15) is 0 Å². The van der Waals surface area contributed by atoms with E-state index < -0.39 is 0 Å². The van der Waals surface area contributed by atoms with Gasteiger partial charge in [0.25, 0.3) is 0 Å². The lowest BCUT2D eigenvalue weighted by molar-refractivity contribution is 0.0994. The van der Waals surface area contributed by atoms with Crippen LogP contribution in [0.4, 0.5) is 5.69 Å². The summed E-state index contributed by atoms with van der Waals surface area (Å²) in [7, 11) is 0. The minimum atomic E-state index is 0.144. The predicted octanol–water partition coefficient (Wildman–Crippen LogP) is 2.76. The molecule has 4 nitrogen and oxygen atoms in total. The van der Waals surface area contributed by atoms with Gasteiger partial charge in [0.05, 0.1) is 0 Å². The van der Waals surface area contributed by atoms with Crippen molar-refractivity contribution in [2.24, 2.45) is 5.11 Å². The van der Waals surface area contributed by atoms with Crippen LogP contribution >= 0.6 is 0 Å². The fourth-order valence-corrected chi connectivity index (χ4v) is 1.54. The SMILES string of the molecule is [N-]=[N+]=Nc1ccc2c(c1)C(=O)CC2. The van der Waals surface area contributed by atoms with Gasteiger partial charge in [-0.15, -0.1) is 0 Å². The lowest BCUT2D eigenvalue weighted by Crippen LogP contribution is -1.89. The summed E-state index contributed by atoms with van der Waals surface area (Å²) in [5.74, 6) is 0.144. The molecule has 0 atom stereocenters. The Hall–Kier alpha value is -1.80. The Bertz CT molecular complexity index is 419. The van der Waals surface area contributed by atoms with Gasteiger partial charge in [0.15, 0.2) is 5.78 Å². The molecule has 4 heteroatoms. The summed E-state index contributed by atoms with van der Waals surface area (Å²) < 4.78 is 0. The number of hydrogen-bond acceptors (Lipinski definition) is 2. The molecule has 2 rings (SSSR count). The number of nitrogens with zero attached hydrogens (tertiary/aromatic N) is 3. The summed E-state index contributed by atoms with van der Waals surface area (Å²) in [6, 6.07) is 5.24. The quantitative estimate of drug-likeness (QED) is 0.365. The van der Waals surface area contributed by atoms with E-state index in [-0.39, 0.29) is 5.78 Å². The number of rotatable bonds is 1. The average Bonchev–Trinajstić information content (AvgIpc) is 2.49. The van der Waals surface area contributed by atoms with Crippen LogP contribution in [0.25, 0.3) is 10.4 Å². The summed E-state index contributed by atoms with van der Waals surface area (Å²) in [5, 5.41) is 3.45. The highest BCUT2D eigenvalue weighted by atomic mass is 16.1. The molecule has 1 aromatic carbocycles. The monoisotopic (exact) mass is 173 g/mol. The van der Waals surface area contributed by atoms with Gasteiger partial charge >= 0.3 is 0 Å². The zero-order valence-electron chi connectivity index (χ0n) is 6.90. The van der Waals surface area contributed by atoms with Gasteiger partial charge in [0.1, 0.15) is 0 Å². The highest BCUT2D eigenvalue weighted by molar-refractivity contribution is 6.01. The standard InChI is InChI=1S/C9H7N3O/c10-12-11-7-3-1-6-2-4-9(13)8(6)5-7/h1,3,5H,2,4H2. The first-order valence-electron chi connectivity index (χ1n) is 4.02. The van der Waals surface area contributed by atoms with Gasteiger partial charge in [-0.3, -0.25) is 4.79 Å². The minimum absolute atomic E-state index is 0.144. The van der Waals surface area contributed by atoms with E-state index in [0.29, 0.717) is 17.7 Å². The minimum Gasteiger partial charge on any atom is -0.294 e. The van der Waals surface area contributed by atoms with E-state index in [1.807, 2.05) is 6.07 Å². The molecule has 1 aliphatic carbocycles. The summed E-state index contributed by atoms with van der Waals surface area (Å²) in [5.41, 5.74) is 10.5. The molecule has 1 aliphatic rings. The third-order valence-electron chi connectivity index (χ3n) is 2.18. The van der Waals surface area contributed by atoms with Crippen LogP contribution in [0.1, 0.15) is 22.3 Å². The van der Waals surface area contributed by atoms with Gasteiger partial charge in [0.2, 0.25) is 0 Å². The highest BCUT2D eigenvalue weighted by Gasteiger charge is 2.18. The molecule has 0 aliphatic heterocycles. The number of Topliss-reactive ketones (excluding diaryl/α,β-unsaturated/α-hetero) is 1. The van der Waals surface area contributed by atoms with Crippen molar-refractivity contribution < 1.29 is 4.79 Å². The highest BCUT2D eigenvalue weighted by Crippen LogP contribution is 2.26. The topological polar surface area (TPSA) is 65.8 Å². The Kier molecular flexibility index (Phi) is 1.76. The van der Waals surface area contributed by atoms with Crippen LogP contribution in [0.2, 0.25) is 0 Å². The fourth-order valence-electron chi connectivity index (χ4n) is 1.54. The smallest absolute Gasteiger partial charge is 0.163 e. The normalized spacial score (nSPS) is 13.7. The summed E-state index contributed by atoms with van der Waals surface area (Å²) >= 11 is 0. The van der Waals surface area contributed by atoms with Gasteiger partial charge in [-0.1, -0.05) is 17.2 Å². The van der Waals surface area contributed by atoms with Crippen LogP contribution in [-0.4, -0.2) is 5.78 Å². The molecule has 0 unspecified atom stereocenters. The maximum Gasteiger partial charge on any atom is 0.163 e. The maximum atomic E-state index is 11.3. The number of hydrogen-bond donors (Lipinski definition) is 0. The molecule has 0 radical (unpaired) electrons. The molecule has 64 valence electrons. The van der Waals surface area contributed by atoms with Gasteiger partial charge < -0.3 is 0 Å². The number of ketones is 1. The molecular weight excluding hydrogens is 166 g/mol. The molecule has 0 saturated carbocycles. The van der Waals surface area contributed by atoms with Gasteiger partial charge in [0, 0.05) is 22.6 Å². The maximum absolute atomic E-state index is 11.3. The number of carbonyl (C=O) groups is 1. The Morgan fingerprint density at radius 3 is 3.00 bits per heavy atom. The molecule has 0 aromatic heterocycles. The molecule has 0 amide bonds. The molecule has 13 heavy (non-hydrogen) atoms. The van der Waals surface area contributed by atoms with Crippen molar-refractivity contribution in [2.75, 3.05) is 0 Å². The van der Waals surface area contributed by atoms with Gasteiger partial charge in [-0.25, -0.2) is 0 Å². The van der Waals surface area contributed by atoms with E-state index in [2.05, 4.69) is 10.0 Å². The molecule has 0 bridgehead atoms. The number of fused-ring (bicyclic) bond motifs is 1. The van der Waals surface area contributed by atoms with E-state index in [1.54, 1.807) is 12.1 Å². The van der Waals surface area contributed by atoms with Crippen molar-refractivity contribution >= 4 is 11.5 Å². The Labute approximate surface area is 74.8 Å². The lowest BCUT2D eigenvalue weighted by atomic mass is 10.1. The molecule has 0 heterocycles. The number of azide groups is 1. The Morgan fingerprint density at radius 1 is 1.38 bits per heavy atom. The van der Waals surface area contributed by atoms with Crippen molar-refractivity contribution in [3.05, 3.63) is 39.8 Å². The zero-order chi connectivity index (χ0) is 9.26. The van der Waals surface area contributed by atoms with Crippen LogP contribution in [0, 0.1) is 0 Å². The predicted molar refractivity (Wildman–Crippen MR) is 47.9 cm³/mol. The molecular formula is C9H7N3O. The molecule has 0 fully saturated rings. The number of carbonyl (C=O) groups excluding carboxylic acids is 1. The summed E-state index contributed by atoms with van der Waals surface area (Å²) in [4.78, 5) is 14.0. The van der Waals surface area contributed by atoms with E-state index >= 15 is 0 Å². The fraction of sp³-hybridized carbons (Fsp3) is 0.222. The lowest BCUT2D eigenvalue weighted by Gasteiger charge is -1.97. The third-order valence-corrected chi connectivity index (χ3v) is 2.18. The second-order valence-corrected chi connectivity index (χ2v) is 2.95. The first kappa shape index (κ1) is 7.83. The van der Waals surface area contributed by atoms with Crippen molar-refractivity contribution in [3.8, 4) is 0 Å².